The zero-order valence-corrected chi connectivity index (χ0v) is 9.22. The summed E-state index contributed by atoms with van der Waals surface area (Å²) in [6.07, 6.45) is 8.42. The van der Waals surface area contributed by atoms with Crippen molar-refractivity contribution in [2.75, 3.05) is 0 Å². The smallest absolute Gasteiger partial charge is 0.326 e. The first-order valence-corrected chi connectivity index (χ1v) is 5.13. The molecule has 1 aliphatic carbocycles. The van der Waals surface area contributed by atoms with E-state index in [1.165, 1.54) is 11.8 Å². The molecule has 1 N–H and O–H groups in total. The molecule has 16 heavy (non-hydrogen) atoms. The predicted octanol–water partition coefficient (Wildman–Crippen LogP) is 1.71. The molecule has 0 aromatic heterocycles. The topological polar surface area (TPSA) is 57.6 Å². The van der Waals surface area contributed by atoms with Crippen LogP contribution in [0, 0.1) is 0 Å². The highest BCUT2D eigenvalue weighted by Crippen LogP contribution is 2.18. The summed E-state index contributed by atoms with van der Waals surface area (Å²) < 4.78 is 0. The van der Waals surface area contributed by atoms with Gasteiger partial charge in [0.05, 0.1) is 0 Å². The third kappa shape index (κ3) is 2.59. The number of aliphatic carboxylic acids is 1. The number of hydrogen-bond acceptors (Lipinski definition) is 2. The largest absolute Gasteiger partial charge is 0.480 e. The highest BCUT2D eigenvalue weighted by Gasteiger charge is 2.26. The molecule has 1 aliphatic rings. The normalized spacial score (nSPS) is 16.2. The number of carboxylic acid groups (broad SMARTS) is 1. The summed E-state index contributed by atoms with van der Waals surface area (Å²) in [7, 11) is 0. The average Bonchev–Trinajstić information content (AvgIpc) is 2.30. The van der Waals surface area contributed by atoms with Crippen LogP contribution in [0.5, 0.6) is 0 Å². The molecule has 0 radical (unpaired) electrons. The number of rotatable bonds is 4. The molecule has 0 aliphatic heterocycles. The highest BCUT2D eigenvalue weighted by molar-refractivity contribution is 5.92. The first-order valence-electron chi connectivity index (χ1n) is 5.13. The number of nitrogens with zero attached hydrogens (tertiary/aromatic N) is 1. The van der Waals surface area contributed by atoms with Crippen LogP contribution in [0.15, 0.2) is 36.6 Å². The van der Waals surface area contributed by atoms with Gasteiger partial charge in [-0.25, -0.2) is 4.79 Å². The van der Waals surface area contributed by atoms with Gasteiger partial charge in [-0.15, -0.1) is 0 Å². The fourth-order valence-corrected chi connectivity index (χ4v) is 1.53. The molecular weight excluding hydrogens is 206 g/mol. The van der Waals surface area contributed by atoms with Crippen LogP contribution in [0.3, 0.4) is 0 Å². The van der Waals surface area contributed by atoms with E-state index >= 15 is 0 Å². The monoisotopic (exact) mass is 221 g/mol. The molecule has 86 valence electrons. The Labute approximate surface area is 94.6 Å². The van der Waals surface area contributed by atoms with E-state index < -0.39 is 17.9 Å². The van der Waals surface area contributed by atoms with Gasteiger partial charge in [0, 0.05) is 5.70 Å². The summed E-state index contributed by atoms with van der Waals surface area (Å²) in [6.45, 7) is 4.86. The maximum atomic E-state index is 11.6. The molecule has 1 atom stereocenters. The van der Waals surface area contributed by atoms with Gasteiger partial charge in [0.2, 0.25) is 0 Å². The van der Waals surface area contributed by atoms with Crippen LogP contribution in [-0.4, -0.2) is 27.9 Å². The molecule has 4 heteroatoms. The van der Waals surface area contributed by atoms with Crippen LogP contribution < -0.4 is 0 Å². The molecule has 0 aromatic carbocycles. The number of carboxylic acids is 1. The molecule has 4 nitrogen and oxygen atoms in total. The molecule has 0 aromatic rings. The van der Waals surface area contributed by atoms with Crippen molar-refractivity contribution in [3.8, 4) is 0 Å². The number of amides is 1. The Morgan fingerprint density at radius 3 is 2.69 bits per heavy atom. The van der Waals surface area contributed by atoms with Gasteiger partial charge in [0.1, 0.15) is 6.04 Å². The first kappa shape index (κ1) is 12.2. The van der Waals surface area contributed by atoms with Gasteiger partial charge < -0.3 is 5.11 Å². The van der Waals surface area contributed by atoms with Crippen molar-refractivity contribution >= 4 is 11.9 Å². The number of carbonyl (C=O) groups is 2. The van der Waals surface area contributed by atoms with E-state index in [1.54, 1.807) is 6.08 Å². The van der Waals surface area contributed by atoms with Crippen LogP contribution in [0.2, 0.25) is 0 Å². The lowest BCUT2D eigenvalue weighted by atomic mass is 10.1. The van der Waals surface area contributed by atoms with E-state index in [1.807, 2.05) is 12.2 Å². The molecule has 0 spiro atoms. The predicted molar refractivity (Wildman–Crippen MR) is 60.6 cm³/mol. The number of carbonyl (C=O) groups excluding carboxylic acids is 1. The minimum Gasteiger partial charge on any atom is -0.480 e. The van der Waals surface area contributed by atoms with Crippen LogP contribution >= 0.6 is 0 Å². The molecule has 0 unspecified atom stereocenters. The second-order valence-corrected chi connectivity index (χ2v) is 3.54. The fraction of sp³-hybridized carbons (Fsp3) is 0.333. The summed E-state index contributed by atoms with van der Waals surface area (Å²) in [5.74, 6) is -1.43. The van der Waals surface area contributed by atoms with Crippen molar-refractivity contribution in [1.82, 2.24) is 4.90 Å². The van der Waals surface area contributed by atoms with Gasteiger partial charge >= 0.3 is 5.97 Å². The van der Waals surface area contributed by atoms with Gasteiger partial charge in [-0.1, -0.05) is 18.7 Å². The Balaban J connectivity index is 2.99. The molecule has 0 heterocycles. The standard InChI is InChI=1S/C12H15NO3/c1-3-11(14)13(9(2)12(15)16)10-7-5-4-6-8-10/h3,5,7-9H,1,4,6H2,2H3,(H,15,16)/t9-/m0/s1. The molecule has 0 saturated heterocycles. The minimum atomic E-state index is -1.03. The average molecular weight is 221 g/mol. The van der Waals surface area contributed by atoms with Crippen molar-refractivity contribution in [3.63, 3.8) is 0 Å². The summed E-state index contributed by atoms with van der Waals surface area (Å²) in [5.41, 5.74) is 0.631. The Morgan fingerprint density at radius 1 is 1.56 bits per heavy atom. The van der Waals surface area contributed by atoms with Gasteiger partial charge in [0.25, 0.3) is 5.91 Å². The van der Waals surface area contributed by atoms with E-state index in [9.17, 15) is 9.59 Å². The Hall–Kier alpha value is -1.84. The van der Waals surface area contributed by atoms with Crippen molar-refractivity contribution in [3.05, 3.63) is 36.6 Å². The van der Waals surface area contributed by atoms with E-state index in [2.05, 4.69) is 6.58 Å². The van der Waals surface area contributed by atoms with Crippen LogP contribution in [0.4, 0.5) is 0 Å². The molecule has 1 amide bonds. The molecule has 0 saturated carbocycles. The third-order valence-electron chi connectivity index (χ3n) is 2.41. The van der Waals surface area contributed by atoms with Gasteiger partial charge in [-0.05, 0) is 31.9 Å². The summed E-state index contributed by atoms with van der Waals surface area (Å²) >= 11 is 0. The van der Waals surface area contributed by atoms with E-state index in [-0.39, 0.29) is 0 Å². The second-order valence-electron chi connectivity index (χ2n) is 3.54. The first-order chi connectivity index (χ1) is 7.57. The molecule has 0 fully saturated rings. The van der Waals surface area contributed by atoms with Crippen molar-refractivity contribution in [1.29, 1.82) is 0 Å². The third-order valence-corrected chi connectivity index (χ3v) is 2.41. The highest BCUT2D eigenvalue weighted by atomic mass is 16.4. The van der Waals surface area contributed by atoms with Gasteiger partial charge in [0.15, 0.2) is 0 Å². The zero-order chi connectivity index (χ0) is 12.1. The number of hydrogen-bond donors (Lipinski definition) is 1. The lowest BCUT2D eigenvalue weighted by Gasteiger charge is -2.27. The molecule has 1 rings (SSSR count). The van der Waals surface area contributed by atoms with Crippen LogP contribution in [0.25, 0.3) is 0 Å². The van der Waals surface area contributed by atoms with Crippen molar-refractivity contribution in [2.45, 2.75) is 25.8 Å². The Bertz CT molecular complexity index is 368. The lowest BCUT2D eigenvalue weighted by molar-refractivity contribution is -0.146. The Kier molecular flexibility index (Phi) is 4.05. The summed E-state index contributed by atoms with van der Waals surface area (Å²) in [4.78, 5) is 23.8. The maximum Gasteiger partial charge on any atom is 0.326 e. The van der Waals surface area contributed by atoms with E-state index in [0.29, 0.717) is 5.70 Å². The SMILES string of the molecule is C=CC(=O)N(C1=CCCC=C1)[C@@H](C)C(=O)O. The second kappa shape index (κ2) is 5.30. The molecule has 0 bridgehead atoms. The van der Waals surface area contributed by atoms with Crippen LogP contribution in [0.1, 0.15) is 19.8 Å². The van der Waals surface area contributed by atoms with Gasteiger partial charge in [-0.3, -0.25) is 9.69 Å². The van der Waals surface area contributed by atoms with Gasteiger partial charge in [-0.2, -0.15) is 0 Å². The maximum absolute atomic E-state index is 11.6. The summed E-state index contributed by atoms with van der Waals surface area (Å²) in [6, 6.07) is -0.889. The van der Waals surface area contributed by atoms with E-state index in [4.69, 9.17) is 5.11 Å². The van der Waals surface area contributed by atoms with E-state index in [0.717, 1.165) is 18.9 Å². The lowest BCUT2D eigenvalue weighted by Crippen LogP contribution is -2.41. The zero-order valence-electron chi connectivity index (χ0n) is 9.22. The minimum absolute atomic E-state index is 0.396. The fourth-order valence-electron chi connectivity index (χ4n) is 1.53. The van der Waals surface area contributed by atoms with Crippen molar-refractivity contribution in [2.24, 2.45) is 0 Å². The van der Waals surface area contributed by atoms with Crippen molar-refractivity contribution < 1.29 is 14.7 Å². The quantitative estimate of drug-likeness (QED) is 0.735. The Morgan fingerprint density at radius 2 is 2.25 bits per heavy atom. The molecular formula is C12H15NO3. The summed E-state index contributed by atoms with van der Waals surface area (Å²) in [5, 5.41) is 8.95. The number of allylic oxidation sites excluding steroid dienone is 3. The van der Waals surface area contributed by atoms with Crippen LogP contribution in [-0.2, 0) is 9.59 Å².